The van der Waals surface area contributed by atoms with Crippen LogP contribution in [-0.2, 0) is 9.47 Å². The lowest BCUT2D eigenvalue weighted by Gasteiger charge is -2.23. The van der Waals surface area contributed by atoms with Crippen LogP contribution in [0.25, 0.3) is 0 Å². The molecular weight excluding hydrogens is 294 g/mol. The summed E-state index contributed by atoms with van der Waals surface area (Å²) in [5.74, 6) is 0. The number of benzene rings is 1. The molecule has 0 aliphatic heterocycles. The fourth-order valence-electron chi connectivity index (χ4n) is 1.76. The zero-order valence-electron chi connectivity index (χ0n) is 11.3. The van der Waals surface area contributed by atoms with Crippen molar-refractivity contribution in [3.8, 4) is 0 Å². The number of nitrogens with one attached hydrogen (secondary N) is 1. The van der Waals surface area contributed by atoms with Crippen LogP contribution in [0.1, 0.15) is 25.5 Å². The molecule has 0 aliphatic carbocycles. The van der Waals surface area contributed by atoms with E-state index in [9.17, 15) is 0 Å². The van der Waals surface area contributed by atoms with Crippen molar-refractivity contribution in [3.63, 3.8) is 0 Å². The second kappa shape index (κ2) is 8.64. The highest BCUT2D eigenvalue weighted by Gasteiger charge is 2.17. The summed E-state index contributed by atoms with van der Waals surface area (Å²) in [5.41, 5.74) is 1.16. The smallest absolute Gasteiger partial charge is 0.0964 e. The van der Waals surface area contributed by atoms with Crippen LogP contribution in [0, 0.1) is 0 Å². The molecule has 0 aliphatic rings. The molecule has 18 heavy (non-hydrogen) atoms. The van der Waals surface area contributed by atoms with E-state index in [0.717, 1.165) is 23.2 Å². The molecule has 1 N–H and O–H groups in total. The fourth-order valence-corrected chi connectivity index (χ4v) is 2.30. The van der Waals surface area contributed by atoms with E-state index in [4.69, 9.17) is 9.47 Å². The van der Waals surface area contributed by atoms with Gasteiger partial charge in [-0.2, -0.15) is 0 Å². The Morgan fingerprint density at radius 3 is 2.67 bits per heavy atom. The second-order valence-electron chi connectivity index (χ2n) is 4.17. The van der Waals surface area contributed by atoms with Crippen LogP contribution in [-0.4, -0.2) is 32.9 Å². The van der Waals surface area contributed by atoms with Crippen LogP contribution >= 0.6 is 15.9 Å². The van der Waals surface area contributed by atoms with Crippen LogP contribution < -0.4 is 5.32 Å². The Morgan fingerprint density at radius 1 is 1.33 bits per heavy atom. The molecule has 0 amide bonds. The standard InChI is InChI=1S/C14H22BrNO2/c1-4-17-10-11(2)18-14(9-16-3)12-7-5-6-8-13(12)15/h5-8,11,14,16H,4,9-10H2,1-3H3. The maximum Gasteiger partial charge on any atom is 0.0964 e. The SMILES string of the molecule is CCOCC(C)OC(CNC)c1ccccc1Br. The average Bonchev–Trinajstić information content (AvgIpc) is 2.36. The highest BCUT2D eigenvalue weighted by Crippen LogP contribution is 2.26. The van der Waals surface area contributed by atoms with E-state index in [1.807, 2.05) is 39.1 Å². The second-order valence-corrected chi connectivity index (χ2v) is 5.03. The molecule has 0 heterocycles. The topological polar surface area (TPSA) is 30.5 Å². The van der Waals surface area contributed by atoms with E-state index < -0.39 is 0 Å². The number of ether oxygens (including phenoxy) is 2. The Balaban J connectivity index is 2.68. The summed E-state index contributed by atoms with van der Waals surface area (Å²) in [6.45, 7) is 6.15. The van der Waals surface area contributed by atoms with E-state index in [1.165, 1.54) is 0 Å². The Labute approximate surface area is 118 Å². The summed E-state index contributed by atoms with van der Waals surface area (Å²) < 4.78 is 12.5. The van der Waals surface area contributed by atoms with Crippen LogP contribution in [0.4, 0.5) is 0 Å². The Morgan fingerprint density at radius 2 is 2.06 bits per heavy atom. The lowest BCUT2D eigenvalue weighted by Crippen LogP contribution is -2.26. The summed E-state index contributed by atoms with van der Waals surface area (Å²) in [6.07, 6.45) is 0.108. The molecule has 2 atom stereocenters. The van der Waals surface area contributed by atoms with Crippen molar-refractivity contribution in [1.82, 2.24) is 5.32 Å². The summed E-state index contributed by atoms with van der Waals surface area (Å²) >= 11 is 3.57. The first-order chi connectivity index (χ1) is 8.69. The molecule has 102 valence electrons. The summed E-state index contributed by atoms with van der Waals surface area (Å²) in [4.78, 5) is 0. The molecule has 0 fully saturated rings. The predicted octanol–water partition coefficient (Wildman–Crippen LogP) is 3.15. The van der Waals surface area contributed by atoms with Gasteiger partial charge in [-0.05, 0) is 32.5 Å². The van der Waals surface area contributed by atoms with E-state index in [2.05, 4.69) is 27.3 Å². The van der Waals surface area contributed by atoms with Crippen molar-refractivity contribution in [2.45, 2.75) is 26.1 Å². The molecule has 4 heteroatoms. The monoisotopic (exact) mass is 315 g/mol. The molecule has 0 radical (unpaired) electrons. The lowest BCUT2D eigenvalue weighted by atomic mass is 10.1. The zero-order chi connectivity index (χ0) is 13.4. The maximum absolute atomic E-state index is 6.04. The minimum atomic E-state index is 0.0287. The molecular formula is C14H22BrNO2. The molecule has 1 aromatic rings. The molecule has 0 bridgehead atoms. The van der Waals surface area contributed by atoms with Gasteiger partial charge in [0.2, 0.25) is 0 Å². The van der Waals surface area contributed by atoms with Crippen molar-refractivity contribution >= 4 is 15.9 Å². The zero-order valence-corrected chi connectivity index (χ0v) is 12.9. The molecule has 0 aromatic heterocycles. The predicted molar refractivity (Wildman–Crippen MR) is 77.8 cm³/mol. The molecule has 1 aromatic carbocycles. The largest absolute Gasteiger partial charge is 0.379 e. The maximum atomic E-state index is 6.04. The van der Waals surface area contributed by atoms with Gasteiger partial charge in [-0.15, -0.1) is 0 Å². The van der Waals surface area contributed by atoms with Gasteiger partial charge in [0.25, 0.3) is 0 Å². The number of halogens is 1. The molecule has 2 unspecified atom stereocenters. The molecule has 0 saturated carbocycles. The first kappa shape index (κ1) is 15.6. The number of hydrogen-bond acceptors (Lipinski definition) is 3. The van der Waals surface area contributed by atoms with Gasteiger partial charge in [-0.1, -0.05) is 34.1 Å². The Bertz CT molecular complexity index is 346. The fraction of sp³-hybridized carbons (Fsp3) is 0.571. The Kier molecular flexibility index (Phi) is 7.51. The normalized spacial score (nSPS) is 14.4. The molecule has 3 nitrogen and oxygen atoms in total. The van der Waals surface area contributed by atoms with E-state index in [0.29, 0.717) is 6.61 Å². The van der Waals surface area contributed by atoms with Crippen LogP contribution in [0.3, 0.4) is 0 Å². The van der Waals surface area contributed by atoms with Crippen LogP contribution in [0.15, 0.2) is 28.7 Å². The average molecular weight is 316 g/mol. The van der Waals surface area contributed by atoms with Crippen molar-refractivity contribution in [1.29, 1.82) is 0 Å². The highest BCUT2D eigenvalue weighted by molar-refractivity contribution is 9.10. The minimum Gasteiger partial charge on any atom is -0.379 e. The van der Waals surface area contributed by atoms with Crippen LogP contribution in [0.2, 0.25) is 0 Å². The first-order valence-corrected chi connectivity index (χ1v) is 7.10. The number of hydrogen-bond donors (Lipinski definition) is 1. The number of rotatable bonds is 8. The van der Waals surface area contributed by atoms with Gasteiger partial charge in [0, 0.05) is 17.6 Å². The van der Waals surface area contributed by atoms with E-state index in [-0.39, 0.29) is 12.2 Å². The summed E-state index contributed by atoms with van der Waals surface area (Å²) in [6, 6.07) is 8.15. The van der Waals surface area contributed by atoms with Crippen LogP contribution in [0.5, 0.6) is 0 Å². The van der Waals surface area contributed by atoms with Gasteiger partial charge in [0.15, 0.2) is 0 Å². The van der Waals surface area contributed by atoms with Gasteiger partial charge < -0.3 is 14.8 Å². The van der Waals surface area contributed by atoms with E-state index in [1.54, 1.807) is 0 Å². The van der Waals surface area contributed by atoms with Gasteiger partial charge in [0.1, 0.15) is 0 Å². The van der Waals surface area contributed by atoms with Crippen molar-refractivity contribution in [2.75, 3.05) is 26.8 Å². The molecule has 0 saturated heterocycles. The van der Waals surface area contributed by atoms with Gasteiger partial charge in [0.05, 0.1) is 18.8 Å². The molecule has 0 spiro atoms. The van der Waals surface area contributed by atoms with Gasteiger partial charge >= 0.3 is 0 Å². The van der Waals surface area contributed by atoms with Crippen molar-refractivity contribution < 1.29 is 9.47 Å². The molecule has 1 rings (SSSR count). The third kappa shape index (κ3) is 5.06. The summed E-state index contributed by atoms with van der Waals surface area (Å²) in [5, 5.41) is 3.17. The third-order valence-corrected chi connectivity index (χ3v) is 3.32. The minimum absolute atomic E-state index is 0.0287. The van der Waals surface area contributed by atoms with Gasteiger partial charge in [-0.25, -0.2) is 0 Å². The quantitative estimate of drug-likeness (QED) is 0.799. The van der Waals surface area contributed by atoms with E-state index >= 15 is 0 Å². The third-order valence-electron chi connectivity index (χ3n) is 2.59. The van der Waals surface area contributed by atoms with Gasteiger partial charge in [-0.3, -0.25) is 0 Å². The van der Waals surface area contributed by atoms with Crippen molar-refractivity contribution in [2.24, 2.45) is 0 Å². The summed E-state index contributed by atoms with van der Waals surface area (Å²) in [7, 11) is 1.93. The number of likely N-dealkylation sites (N-methyl/N-ethyl adjacent to an activating group) is 1. The Hall–Kier alpha value is -0.420. The highest BCUT2D eigenvalue weighted by atomic mass is 79.9. The first-order valence-electron chi connectivity index (χ1n) is 6.31. The lowest BCUT2D eigenvalue weighted by molar-refractivity contribution is -0.0466. The van der Waals surface area contributed by atoms with Crippen molar-refractivity contribution in [3.05, 3.63) is 34.3 Å².